The van der Waals surface area contributed by atoms with Gasteiger partial charge in [-0.25, -0.2) is 0 Å². The van der Waals surface area contributed by atoms with Gasteiger partial charge < -0.3 is 4.90 Å². The highest BCUT2D eigenvalue weighted by molar-refractivity contribution is 6.16. The van der Waals surface area contributed by atoms with E-state index < -0.39 is 0 Å². The molecule has 2 nitrogen and oxygen atoms in total. The van der Waals surface area contributed by atoms with Crippen LogP contribution in [0.15, 0.2) is 18.3 Å². The maximum absolute atomic E-state index is 5.85. The number of nitrogens with zero attached hydrogens (tertiary/aromatic N) is 2. The van der Waals surface area contributed by atoms with Crippen LogP contribution in [0.5, 0.6) is 0 Å². The van der Waals surface area contributed by atoms with E-state index in [0.717, 1.165) is 24.1 Å². The molecule has 1 fully saturated rings. The molecule has 3 unspecified atom stereocenters. The zero-order valence-corrected chi connectivity index (χ0v) is 11.6. The molecule has 0 aromatic carbocycles. The van der Waals surface area contributed by atoms with Crippen molar-refractivity contribution in [3.63, 3.8) is 0 Å². The first-order chi connectivity index (χ1) is 8.11. The zero-order valence-electron chi connectivity index (χ0n) is 10.9. The molecular formula is C14H21ClN2. The predicted octanol–water partition coefficient (Wildman–Crippen LogP) is 3.69. The molecule has 1 aromatic heterocycles. The number of rotatable bonds is 2. The summed E-state index contributed by atoms with van der Waals surface area (Å²) in [5, 5.41) is 0. The third-order valence-electron chi connectivity index (χ3n) is 3.87. The van der Waals surface area contributed by atoms with Gasteiger partial charge in [-0.1, -0.05) is 13.8 Å². The van der Waals surface area contributed by atoms with Crippen LogP contribution in [-0.2, 0) is 5.88 Å². The number of anilines is 1. The fourth-order valence-electron chi connectivity index (χ4n) is 2.77. The van der Waals surface area contributed by atoms with Crippen molar-refractivity contribution < 1.29 is 0 Å². The van der Waals surface area contributed by atoms with Gasteiger partial charge in [0.05, 0.1) is 11.6 Å². The molecule has 0 bridgehead atoms. The molecule has 2 heterocycles. The molecule has 1 saturated heterocycles. The first-order valence-corrected chi connectivity index (χ1v) is 6.92. The molecule has 94 valence electrons. The number of aromatic nitrogens is 1. The van der Waals surface area contributed by atoms with Crippen LogP contribution in [0.4, 0.5) is 5.69 Å². The van der Waals surface area contributed by atoms with Crippen molar-refractivity contribution in [2.45, 2.75) is 39.1 Å². The van der Waals surface area contributed by atoms with Crippen LogP contribution in [0.25, 0.3) is 0 Å². The Bertz CT molecular complexity index is 380. The quantitative estimate of drug-likeness (QED) is 0.747. The highest BCUT2D eigenvalue weighted by atomic mass is 35.5. The summed E-state index contributed by atoms with van der Waals surface area (Å²) < 4.78 is 0. The van der Waals surface area contributed by atoms with Crippen molar-refractivity contribution >= 4 is 17.3 Å². The molecule has 3 heteroatoms. The average Bonchev–Trinajstić information content (AvgIpc) is 2.34. The van der Waals surface area contributed by atoms with E-state index in [4.69, 9.17) is 11.6 Å². The molecule has 1 aliphatic heterocycles. The largest absolute Gasteiger partial charge is 0.368 e. The molecular weight excluding hydrogens is 232 g/mol. The monoisotopic (exact) mass is 252 g/mol. The molecule has 1 aliphatic rings. The van der Waals surface area contributed by atoms with Gasteiger partial charge in [0.2, 0.25) is 0 Å². The molecule has 0 saturated carbocycles. The van der Waals surface area contributed by atoms with Gasteiger partial charge in [-0.05, 0) is 37.3 Å². The lowest BCUT2D eigenvalue weighted by Crippen LogP contribution is -2.45. The number of hydrogen-bond donors (Lipinski definition) is 0. The van der Waals surface area contributed by atoms with Crippen LogP contribution in [-0.4, -0.2) is 17.6 Å². The number of piperidine rings is 1. The Morgan fingerprint density at radius 3 is 2.88 bits per heavy atom. The summed E-state index contributed by atoms with van der Waals surface area (Å²) in [6.45, 7) is 8.13. The Hall–Kier alpha value is -0.760. The van der Waals surface area contributed by atoms with Crippen LogP contribution < -0.4 is 4.90 Å². The van der Waals surface area contributed by atoms with Crippen molar-refractivity contribution in [2.24, 2.45) is 11.8 Å². The fraction of sp³-hybridized carbons (Fsp3) is 0.643. The molecule has 0 aliphatic carbocycles. The molecule has 17 heavy (non-hydrogen) atoms. The topological polar surface area (TPSA) is 16.1 Å². The third-order valence-corrected chi connectivity index (χ3v) is 4.14. The van der Waals surface area contributed by atoms with Gasteiger partial charge in [0.1, 0.15) is 0 Å². The molecule has 2 rings (SSSR count). The smallest absolute Gasteiger partial charge is 0.0648 e. The molecule has 0 N–H and O–H groups in total. The normalized spacial score (nSPS) is 29.4. The van der Waals surface area contributed by atoms with Gasteiger partial charge in [-0.2, -0.15) is 0 Å². The third kappa shape index (κ3) is 2.74. The molecule has 3 atom stereocenters. The summed E-state index contributed by atoms with van der Waals surface area (Å²) in [5.41, 5.74) is 2.23. The van der Waals surface area contributed by atoms with E-state index in [1.54, 1.807) is 0 Å². The summed E-state index contributed by atoms with van der Waals surface area (Å²) in [4.78, 5) is 6.75. The standard InChI is InChI=1S/C14H21ClN2/c1-10-6-11(2)12(3)17(9-10)14-4-5-16-13(7-14)8-15/h4-5,7,10-12H,6,8-9H2,1-3H3. The number of alkyl halides is 1. The van der Waals surface area contributed by atoms with E-state index in [1.165, 1.54) is 12.1 Å². The second-order valence-corrected chi connectivity index (χ2v) is 5.62. The summed E-state index contributed by atoms with van der Waals surface area (Å²) in [6.07, 6.45) is 3.19. The van der Waals surface area contributed by atoms with Crippen molar-refractivity contribution in [2.75, 3.05) is 11.4 Å². The lowest BCUT2D eigenvalue weighted by Gasteiger charge is -2.42. The Morgan fingerprint density at radius 2 is 2.18 bits per heavy atom. The maximum atomic E-state index is 5.85. The highest BCUT2D eigenvalue weighted by Gasteiger charge is 2.28. The molecule has 0 amide bonds. The summed E-state index contributed by atoms with van der Waals surface area (Å²) in [6, 6.07) is 4.81. The minimum atomic E-state index is 0.487. The van der Waals surface area contributed by atoms with Crippen LogP contribution >= 0.6 is 11.6 Å². The average molecular weight is 253 g/mol. The fourth-order valence-corrected chi connectivity index (χ4v) is 2.92. The Labute approximate surface area is 109 Å². The Balaban J connectivity index is 2.24. The van der Waals surface area contributed by atoms with Crippen molar-refractivity contribution in [1.82, 2.24) is 4.98 Å². The Morgan fingerprint density at radius 1 is 1.41 bits per heavy atom. The summed E-state index contributed by atoms with van der Waals surface area (Å²) in [5.74, 6) is 1.99. The zero-order chi connectivity index (χ0) is 12.4. The lowest BCUT2D eigenvalue weighted by molar-refractivity contribution is 0.297. The van der Waals surface area contributed by atoms with Crippen molar-refractivity contribution in [3.8, 4) is 0 Å². The van der Waals surface area contributed by atoms with E-state index in [0.29, 0.717) is 11.9 Å². The van der Waals surface area contributed by atoms with E-state index in [2.05, 4.69) is 42.8 Å². The number of hydrogen-bond acceptors (Lipinski definition) is 2. The van der Waals surface area contributed by atoms with Gasteiger partial charge in [0.15, 0.2) is 0 Å². The van der Waals surface area contributed by atoms with Crippen LogP contribution in [0.2, 0.25) is 0 Å². The van der Waals surface area contributed by atoms with Crippen molar-refractivity contribution in [3.05, 3.63) is 24.0 Å². The minimum absolute atomic E-state index is 0.487. The first-order valence-electron chi connectivity index (χ1n) is 6.39. The lowest BCUT2D eigenvalue weighted by atomic mass is 9.85. The SMILES string of the molecule is CC1CC(C)C(C)N(c2ccnc(CCl)c2)C1. The van der Waals surface area contributed by atoms with Gasteiger partial charge in [0.25, 0.3) is 0 Å². The second kappa shape index (κ2) is 5.26. The maximum Gasteiger partial charge on any atom is 0.0648 e. The number of halogens is 1. The van der Waals surface area contributed by atoms with Gasteiger partial charge in [-0.3, -0.25) is 4.98 Å². The van der Waals surface area contributed by atoms with Gasteiger partial charge in [0, 0.05) is 24.5 Å². The molecule has 1 aromatic rings. The Kier molecular flexibility index (Phi) is 3.93. The van der Waals surface area contributed by atoms with Crippen molar-refractivity contribution in [1.29, 1.82) is 0 Å². The minimum Gasteiger partial charge on any atom is -0.368 e. The highest BCUT2D eigenvalue weighted by Crippen LogP contribution is 2.31. The van der Waals surface area contributed by atoms with Crippen LogP contribution in [0.1, 0.15) is 32.9 Å². The van der Waals surface area contributed by atoms with E-state index in [9.17, 15) is 0 Å². The van der Waals surface area contributed by atoms with Gasteiger partial charge >= 0.3 is 0 Å². The van der Waals surface area contributed by atoms with Crippen LogP contribution in [0, 0.1) is 11.8 Å². The molecule has 0 radical (unpaired) electrons. The second-order valence-electron chi connectivity index (χ2n) is 5.35. The van der Waals surface area contributed by atoms with E-state index >= 15 is 0 Å². The van der Waals surface area contributed by atoms with E-state index in [-0.39, 0.29) is 0 Å². The number of pyridine rings is 1. The summed E-state index contributed by atoms with van der Waals surface area (Å²) in [7, 11) is 0. The first kappa shape index (κ1) is 12.7. The predicted molar refractivity (Wildman–Crippen MR) is 73.5 cm³/mol. The molecule has 0 spiro atoms. The summed E-state index contributed by atoms with van der Waals surface area (Å²) >= 11 is 5.85. The van der Waals surface area contributed by atoms with Crippen LogP contribution in [0.3, 0.4) is 0 Å². The van der Waals surface area contributed by atoms with Gasteiger partial charge in [-0.15, -0.1) is 11.6 Å². The van der Waals surface area contributed by atoms with E-state index in [1.807, 2.05) is 6.20 Å².